The Hall–Kier alpha value is -1.11. The fourth-order valence-corrected chi connectivity index (χ4v) is 2.82. The van der Waals surface area contributed by atoms with E-state index in [4.69, 9.17) is 5.11 Å². The molecule has 0 aromatic carbocycles. The van der Waals surface area contributed by atoms with Gasteiger partial charge in [-0.2, -0.15) is 0 Å². The zero-order valence-corrected chi connectivity index (χ0v) is 11.7. The molecule has 19 heavy (non-hydrogen) atoms. The number of carbonyl (C=O) groups is 1. The van der Waals surface area contributed by atoms with Gasteiger partial charge in [-0.3, -0.25) is 14.7 Å². The monoisotopic (exact) mass is 281 g/mol. The Morgan fingerprint density at radius 2 is 1.95 bits per heavy atom. The normalized spacial score (nSPS) is 16.6. The first-order valence-electron chi connectivity index (χ1n) is 6.43. The Bertz CT molecular complexity index is 394. The molecule has 0 aliphatic carbocycles. The van der Waals surface area contributed by atoms with Crippen LogP contribution in [0.1, 0.15) is 0 Å². The number of thioether (sulfide) groups is 1. The minimum absolute atomic E-state index is 0.186. The third kappa shape index (κ3) is 4.49. The summed E-state index contributed by atoms with van der Waals surface area (Å²) in [7, 11) is 0. The first-order chi connectivity index (χ1) is 9.29. The minimum atomic E-state index is 0.186. The smallest absolute Gasteiger partial charge is 0.233 e. The molecule has 0 bridgehead atoms. The molecule has 2 heterocycles. The van der Waals surface area contributed by atoms with Gasteiger partial charge in [-0.05, 0) is 12.1 Å². The van der Waals surface area contributed by atoms with Crippen molar-refractivity contribution in [1.29, 1.82) is 0 Å². The lowest BCUT2D eigenvalue weighted by Gasteiger charge is -2.34. The number of hydrogen-bond donors (Lipinski definition) is 1. The molecular weight excluding hydrogens is 262 g/mol. The Morgan fingerprint density at radius 3 is 2.58 bits per heavy atom. The summed E-state index contributed by atoms with van der Waals surface area (Å²) in [6, 6.07) is 3.83. The number of carbonyl (C=O) groups excluding carboxylic acids is 1. The largest absolute Gasteiger partial charge is 0.395 e. The van der Waals surface area contributed by atoms with E-state index in [1.807, 2.05) is 17.0 Å². The van der Waals surface area contributed by atoms with Gasteiger partial charge in [0.2, 0.25) is 5.91 Å². The van der Waals surface area contributed by atoms with Crippen LogP contribution in [-0.4, -0.2) is 70.9 Å². The van der Waals surface area contributed by atoms with E-state index >= 15 is 0 Å². The zero-order chi connectivity index (χ0) is 13.5. The maximum absolute atomic E-state index is 12.1. The van der Waals surface area contributed by atoms with Crippen molar-refractivity contribution in [2.45, 2.75) is 4.90 Å². The van der Waals surface area contributed by atoms with E-state index < -0.39 is 0 Å². The Morgan fingerprint density at radius 1 is 1.26 bits per heavy atom. The summed E-state index contributed by atoms with van der Waals surface area (Å²) in [6.07, 6.45) is 3.47. The molecule has 1 aromatic heterocycles. The number of rotatable bonds is 5. The van der Waals surface area contributed by atoms with E-state index in [2.05, 4.69) is 9.88 Å². The quantitative estimate of drug-likeness (QED) is 0.787. The summed E-state index contributed by atoms with van der Waals surface area (Å²) in [5.41, 5.74) is 0. The molecule has 104 valence electrons. The number of hydrogen-bond acceptors (Lipinski definition) is 5. The van der Waals surface area contributed by atoms with Crippen molar-refractivity contribution in [1.82, 2.24) is 14.8 Å². The molecule has 1 saturated heterocycles. The summed E-state index contributed by atoms with van der Waals surface area (Å²) in [6.45, 7) is 4.11. The van der Waals surface area contributed by atoms with Crippen molar-refractivity contribution < 1.29 is 9.90 Å². The lowest BCUT2D eigenvalue weighted by molar-refractivity contribution is -0.130. The van der Waals surface area contributed by atoms with Gasteiger partial charge in [0.1, 0.15) is 0 Å². The van der Waals surface area contributed by atoms with E-state index in [9.17, 15) is 4.79 Å². The van der Waals surface area contributed by atoms with Gasteiger partial charge in [0.15, 0.2) is 0 Å². The average molecular weight is 281 g/mol. The number of aliphatic hydroxyl groups excluding tert-OH is 1. The lowest BCUT2D eigenvalue weighted by atomic mass is 10.3. The second-order valence-corrected chi connectivity index (χ2v) is 5.47. The minimum Gasteiger partial charge on any atom is -0.395 e. The summed E-state index contributed by atoms with van der Waals surface area (Å²) < 4.78 is 0. The third-order valence-electron chi connectivity index (χ3n) is 3.15. The van der Waals surface area contributed by atoms with Gasteiger partial charge in [-0.15, -0.1) is 11.8 Å². The van der Waals surface area contributed by atoms with Crippen LogP contribution in [0.5, 0.6) is 0 Å². The van der Waals surface area contributed by atoms with Crippen molar-refractivity contribution >= 4 is 17.7 Å². The van der Waals surface area contributed by atoms with Gasteiger partial charge in [-0.25, -0.2) is 0 Å². The highest BCUT2D eigenvalue weighted by Gasteiger charge is 2.20. The SMILES string of the molecule is O=C(CSc1ccncc1)N1CCN(CCO)CC1. The van der Waals surface area contributed by atoms with Crippen molar-refractivity contribution in [2.24, 2.45) is 0 Å². The van der Waals surface area contributed by atoms with Gasteiger partial charge in [0, 0.05) is 50.0 Å². The molecule has 0 saturated carbocycles. The molecule has 0 unspecified atom stereocenters. The lowest BCUT2D eigenvalue weighted by Crippen LogP contribution is -2.49. The fourth-order valence-electron chi connectivity index (χ4n) is 2.03. The first kappa shape index (κ1) is 14.3. The molecular formula is C13H19N3O2S. The van der Waals surface area contributed by atoms with Gasteiger partial charge in [-0.1, -0.05) is 0 Å². The zero-order valence-electron chi connectivity index (χ0n) is 10.9. The van der Waals surface area contributed by atoms with E-state index in [1.54, 1.807) is 24.2 Å². The van der Waals surface area contributed by atoms with Crippen molar-refractivity contribution in [3.05, 3.63) is 24.5 Å². The molecule has 1 aliphatic heterocycles. The molecule has 1 fully saturated rings. The van der Waals surface area contributed by atoms with E-state index in [0.717, 1.165) is 31.1 Å². The van der Waals surface area contributed by atoms with E-state index in [1.165, 1.54) is 0 Å². The molecule has 0 spiro atoms. The summed E-state index contributed by atoms with van der Waals surface area (Å²) in [5.74, 6) is 0.662. The number of piperazine rings is 1. The number of aliphatic hydroxyl groups is 1. The topological polar surface area (TPSA) is 56.7 Å². The van der Waals surface area contributed by atoms with Crippen LogP contribution in [0, 0.1) is 0 Å². The van der Waals surface area contributed by atoms with E-state index in [-0.39, 0.29) is 12.5 Å². The molecule has 1 N–H and O–H groups in total. The number of β-amino-alcohol motifs (C(OH)–C–C–N with tert-alkyl or cyclic N) is 1. The molecule has 1 aliphatic rings. The molecule has 0 atom stereocenters. The highest BCUT2D eigenvalue weighted by molar-refractivity contribution is 8.00. The van der Waals surface area contributed by atoms with Crippen LogP contribution in [0.4, 0.5) is 0 Å². The maximum Gasteiger partial charge on any atom is 0.233 e. The van der Waals surface area contributed by atoms with Crippen molar-refractivity contribution in [3.8, 4) is 0 Å². The van der Waals surface area contributed by atoms with Crippen LogP contribution < -0.4 is 0 Å². The van der Waals surface area contributed by atoms with Gasteiger partial charge >= 0.3 is 0 Å². The molecule has 5 nitrogen and oxygen atoms in total. The standard InChI is InChI=1S/C13H19N3O2S/c17-10-9-15-5-7-16(8-6-15)13(18)11-19-12-1-3-14-4-2-12/h1-4,17H,5-11H2. The van der Waals surface area contributed by atoms with E-state index in [0.29, 0.717) is 12.3 Å². The number of aromatic nitrogens is 1. The molecule has 0 radical (unpaired) electrons. The number of pyridine rings is 1. The van der Waals surface area contributed by atoms with Crippen LogP contribution >= 0.6 is 11.8 Å². The Balaban J connectivity index is 1.73. The number of nitrogens with zero attached hydrogens (tertiary/aromatic N) is 3. The fraction of sp³-hybridized carbons (Fsp3) is 0.538. The second kappa shape index (κ2) is 7.47. The highest BCUT2D eigenvalue weighted by atomic mass is 32.2. The summed E-state index contributed by atoms with van der Waals surface area (Å²) >= 11 is 1.55. The van der Waals surface area contributed by atoms with Crippen molar-refractivity contribution in [3.63, 3.8) is 0 Å². The van der Waals surface area contributed by atoms with Crippen LogP contribution in [0.25, 0.3) is 0 Å². The van der Waals surface area contributed by atoms with Crippen molar-refractivity contribution in [2.75, 3.05) is 45.1 Å². The molecule has 1 amide bonds. The van der Waals surface area contributed by atoms with Gasteiger partial charge < -0.3 is 10.0 Å². The summed E-state index contributed by atoms with van der Waals surface area (Å²) in [4.78, 5) is 21.2. The molecule has 2 rings (SSSR count). The average Bonchev–Trinajstić information content (AvgIpc) is 2.47. The predicted octanol–water partition coefficient (Wildman–Crippen LogP) is 0.310. The van der Waals surface area contributed by atoms with Crippen LogP contribution in [0.3, 0.4) is 0 Å². The predicted molar refractivity (Wildman–Crippen MR) is 75.1 cm³/mol. The number of amides is 1. The first-order valence-corrected chi connectivity index (χ1v) is 7.42. The molecule has 1 aromatic rings. The third-order valence-corrected chi connectivity index (χ3v) is 4.15. The highest BCUT2D eigenvalue weighted by Crippen LogP contribution is 2.17. The van der Waals surface area contributed by atoms with Crippen LogP contribution in [0.15, 0.2) is 29.4 Å². The van der Waals surface area contributed by atoms with Crippen LogP contribution in [0.2, 0.25) is 0 Å². The Labute approximate surface area is 117 Å². The Kier molecular flexibility index (Phi) is 5.62. The second-order valence-electron chi connectivity index (χ2n) is 4.42. The summed E-state index contributed by atoms with van der Waals surface area (Å²) in [5, 5.41) is 8.87. The van der Waals surface area contributed by atoms with Gasteiger partial charge in [0.25, 0.3) is 0 Å². The molecule has 6 heteroatoms. The van der Waals surface area contributed by atoms with Crippen LogP contribution in [-0.2, 0) is 4.79 Å². The maximum atomic E-state index is 12.1. The van der Waals surface area contributed by atoms with Gasteiger partial charge in [0.05, 0.1) is 12.4 Å².